The number of hydrogen-bond acceptors (Lipinski definition) is 20. The quantitative estimate of drug-likeness (QED) is 0.0273. The van der Waals surface area contributed by atoms with Crippen molar-refractivity contribution < 1.29 is 102 Å². The Morgan fingerprint density at radius 3 is 1.57 bits per heavy atom. The number of nitrogens with one attached hydrogen (secondary N) is 11. The third-order valence-electron chi connectivity index (χ3n) is 13.8. The average molecular weight is 1260 g/mol. The molecule has 0 aromatic rings. The van der Waals surface area contributed by atoms with Crippen LogP contribution in [0.25, 0.3) is 0 Å². The van der Waals surface area contributed by atoms with Crippen LogP contribution in [0.5, 0.6) is 0 Å². The molecule has 0 aromatic heterocycles. The van der Waals surface area contributed by atoms with Crippen LogP contribution in [0.3, 0.4) is 0 Å². The Hall–Kier alpha value is -7.66. The second-order valence-corrected chi connectivity index (χ2v) is 22.9. The number of carbonyl (C=O) groups excluding carboxylic acids is 12. The zero-order valence-electron chi connectivity index (χ0n) is 51.8. The van der Waals surface area contributed by atoms with Gasteiger partial charge in [-0.05, 0) is 63.7 Å². The summed E-state index contributed by atoms with van der Waals surface area (Å²) in [6.07, 6.45) is -8.92. The van der Waals surface area contributed by atoms with Crippen LogP contribution < -0.4 is 70.0 Å². The van der Waals surface area contributed by atoms with Gasteiger partial charge < -0.3 is 105 Å². The van der Waals surface area contributed by atoms with Gasteiger partial charge in [0, 0.05) is 13.3 Å². The summed E-state index contributed by atoms with van der Waals surface area (Å²) in [5.41, 5.74) is 11.3. The number of carboxylic acid groups (broad SMARTS) is 2. The fourth-order valence-corrected chi connectivity index (χ4v) is 8.53. The smallest absolute Gasteiger partial charge is 0.326 e. The molecule has 1 heterocycles. The molecule has 0 bridgehead atoms. The SMILES string of the molecule is CC[C@H](C)[C@H](NC(=O)[C@H](C)NC(=O)CNC(=O)[C@H](CCC(N)=O)NC(=O)[C@H](CO[C@H]1O[C@H](CO)[C@H](O)[C@H](O)[C@H]1NC(C)=O)NC(=O)[C@H](CC(=O)O)NC(=O)[C@H](CC(C)C)NC(=O)[C@H](C)NC(=O)[C@H](C)NC(=O)[C@@H](N)CC(C)C)C(=O)N[C@H](C(=O)O)C(C)C. The first-order valence-electron chi connectivity index (χ1n) is 28.8. The largest absolute Gasteiger partial charge is 0.481 e. The van der Waals surface area contributed by atoms with Gasteiger partial charge in [-0.25, -0.2) is 4.79 Å². The van der Waals surface area contributed by atoms with E-state index in [0.717, 1.165) is 6.92 Å². The number of carboxylic acids is 2. The molecule has 16 atom stereocenters. The lowest BCUT2D eigenvalue weighted by molar-refractivity contribution is -0.271. The lowest BCUT2D eigenvalue weighted by Gasteiger charge is -2.42. The average Bonchev–Trinajstić information content (AvgIpc) is 1.71. The zero-order chi connectivity index (χ0) is 67.6. The molecule has 1 saturated heterocycles. The van der Waals surface area contributed by atoms with E-state index in [1.54, 1.807) is 41.5 Å². The van der Waals surface area contributed by atoms with Crippen LogP contribution in [-0.2, 0) is 76.6 Å². The lowest BCUT2D eigenvalue weighted by Crippen LogP contribution is -2.65. The van der Waals surface area contributed by atoms with Gasteiger partial charge in [-0.1, -0.05) is 61.8 Å². The number of rotatable bonds is 38. The van der Waals surface area contributed by atoms with E-state index < -0.39 is 225 Å². The highest BCUT2D eigenvalue weighted by molar-refractivity contribution is 5.99. The molecule has 1 aliphatic rings. The Bertz CT molecular complexity index is 2450. The number of nitrogens with two attached hydrogens (primary N) is 2. The molecule has 34 nitrogen and oxygen atoms in total. The van der Waals surface area contributed by atoms with E-state index in [9.17, 15) is 92.7 Å². The fraction of sp³-hybridized carbons (Fsp3) is 0.741. The van der Waals surface area contributed by atoms with Crippen LogP contribution in [0.2, 0.25) is 0 Å². The highest BCUT2D eigenvalue weighted by Crippen LogP contribution is 2.23. The summed E-state index contributed by atoms with van der Waals surface area (Å²) in [5, 5.41) is 76.7. The van der Waals surface area contributed by atoms with Gasteiger partial charge in [-0.3, -0.25) is 62.3 Å². The highest BCUT2D eigenvalue weighted by Gasteiger charge is 2.46. The molecule has 20 N–H and O–H groups in total. The van der Waals surface area contributed by atoms with E-state index in [-0.39, 0.29) is 18.3 Å². The van der Waals surface area contributed by atoms with Gasteiger partial charge in [0.15, 0.2) is 6.29 Å². The summed E-state index contributed by atoms with van der Waals surface area (Å²) < 4.78 is 11.3. The Morgan fingerprint density at radius 1 is 0.568 bits per heavy atom. The van der Waals surface area contributed by atoms with E-state index in [1.165, 1.54) is 20.8 Å². The number of primary amides is 1. The standard InChI is InChI=1S/C54H93N13O21/c1-13-25(8)40(52(84)66-39(24(6)7)53(85)86)67-46(78)26(9)58-37(71)19-57-48(80)31(14-15-36(56)70)62-51(83)34(21-87-54-41(61-29(12)69)43(75)42(74)35(20-68)88-54)65-50(82)33(18-38(72)73)64-49(81)32(17-23(4)5)63-45(77)28(11)59-44(76)27(10)60-47(79)30(55)16-22(2)3/h22-28,30-35,39-43,54,68,74-75H,13-21,55H2,1-12H3,(H2,56,70)(H,57,80)(H,58,71)(H,59,76)(H,60,79)(H,61,69)(H,62,83)(H,63,77)(H,64,81)(H,65,82)(H,66,84)(H,67,78)(H,72,73)(H,85,86)/t25-,26-,27-,28-,30-,31-,32-,33-,34-,35+,39-,40-,41+,42-,43+,54-/m0/s1. The third-order valence-corrected chi connectivity index (χ3v) is 13.8. The Labute approximate surface area is 509 Å². The fourth-order valence-electron chi connectivity index (χ4n) is 8.53. The van der Waals surface area contributed by atoms with Crippen LogP contribution in [0.4, 0.5) is 0 Å². The first-order chi connectivity index (χ1) is 40.8. The van der Waals surface area contributed by atoms with Crippen molar-refractivity contribution in [1.82, 2.24) is 58.5 Å². The summed E-state index contributed by atoms with van der Waals surface area (Å²) in [5.74, 6) is -16.2. The maximum absolute atomic E-state index is 14.4. The maximum atomic E-state index is 14.4. The van der Waals surface area contributed by atoms with Crippen LogP contribution in [0, 0.1) is 23.7 Å². The van der Waals surface area contributed by atoms with Crippen LogP contribution in [-0.4, -0.2) is 219 Å². The van der Waals surface area contributed by atoms with E-state index in [2.05, 4.69) is 58.5 Å². The van der Waals surface area contributed by atoms with E-state index in [4.69, 9.17) is 20.9 Å². The first kappa shape index (κ1) is 78.4. The Morgan fingerprint density at radius 2 is 1.06 bits per heavy atom. The van der Waals surface area contributed by atoms with Crippen molar-refractivity contribution in [1.29, 1.82) is 0 Å². The van der Waals surface area contributed by atoms with Crippen molar-refractivity contribution in [2.45, 2.75) is 213 Å². The van der Waals surface area contributed by atoms with Gasteiger partial charge in [0.1, 0.15) is 78.7 Å². The van der Waals surface area contributed by atoms with Gasteiger partial charge in [0.2, 0.25) is 70.9 Å². The van der Waals surface area contributed by atoms with Gasteiger partial charge >= 0.3 is 11.9 Å². The summed E-state index contributed by atoms with van der Waals surface area (Å²) in [6, 6.07) is -16.5. The molecule has 0 spiro atoms. The minimum absolute atomic E-state index is 0.0701. The van der Waals surface area contributed by atoms with Gasteiger partial charge in [-0.15, -0.1) is 0 Å². The van der Waals surface area contributed by atoms with E-state index in [0.29, 0.717) is 12.8 Å². The minimum atomic E-state index is -2.11. The summed E-state index contributed by atoms with van der Waals surface area (Å²) >= 11 is 0. The van der Waals surface area contributed by atoms with Crippen LogP contribution in [0.1, 0.15) is 122 Å². The minimum Gasteiger partial charge on any atom is -0.481 e. The lowest BCUT2D eigenvalue weighted by atomic mass is 9.96. The van der Waals surface area contributed by atoms with Crippen LogP contribution in [0.15, 0.2) is 0 Å². The number of amides is 12. The summed E-state index contributed by atoms with van der Waals surface area (Å²) in [4.78, 5) is 183. The molecular formula is C54H93N13O21. The third kappa shape index (κ3) is 27.2. The van der Waals surface area contributed by atoms with E-state index >= 15 is 0 Å². The molecule has 0 aliphatic carbocycles. The van der Waals surface area contributed by atoms with Gasteiger partial charge in [0.05, 0.1) is 32.2 Å². The normalized spacial score (nSPS) is 20.2. The van der Waals surface area contributed by atoms with Crippen molar-refractivity contribution in [3.05, 3.63) is 0 Å². The molecule has 12 amide bonds. The van der Waals surface area contributed by atoms with Crippen molar-refractivity contribution in [3.63, 3.8) is 0 Å². The molecule has 0 saturated carbocycles. The maximum Gasteiger partial charge on any atom is 0.326 e. The number of ether oxygens (including phenoxy) is 2. The number of carbonyl (C=O) groups is 14. The van der Waals surface area contributed by atoms with Crippen molar-refractivity contribution >= 4 is 82.8 Å². The predicted molar refractivity (Wildman–Crippen MR) is 308 cm³/mol. The molecule has 0 radical (unpaired) electrons. The van der Waals surface area contributed by atoms with E-state index in [1.807, 2.05) is 13.8 Å². The molecule has 0 unspecified atom stereocenters. The second-order valence-electron chi connectivity index (χ2n) is 22.9. The highest BCUT2D eigenvalue weighted by atomic mass is 16.7. The van der Waals surface area contributed by atoms with Crippen LogP contribution >= 0.6 is 0 Å². The number of aliphatic carboxylic acids is 2. The molecule has 0 aromatic carbocycles. The topological polar surface area (TPSA) is 543 Å². The summed E-state index contributed by atoms with van der Waals surface area (Å²) in [6.45, 7) is 15.5. The monoisotopic (exact) mass is 1260 g/mol. The van der Waals surface area contributed by atoms with Crippen molar-refractivity contribution in [2.75, 3.05) is 19.8 Å². The number of aliphatic hydroxyl groups is 3. The molecule has 88 heavy (non-hydrogen) atoms. The van der Waals surface area contributed by atoms with Gasteiger partial charge in [0.25, 0.3) is 0 Å². The molecule has 1 aliphatic heterocycles. The number of aliphatic hydroxyl groups excluding tert-OH is 3. The zero-order valence-corrected chi connectivity index (χ0v) is 51.8. The Kier molecular flexibility index (Phi) is 33.7. The predicted octanol–water partition coefficient (Wildman–Crippen LogP) is -6.57. The summed E-state index contributed by atoms with van der Waals surface area (Å²) in [7, 11) is 0. The number of hydrogen-bond donors (Lipinski definition) is 18. The molecule has 34 heteroatoms. The van der Waals surface area contributed by atoms with Gasteiger partial charge in [-0.2, -0.15) is 0 Å². The molecule has 500 valence electrons. The van der Waals surface area contributed by atoms with Crippen molar-refractivity contribution in [2.24, 2.45) is 35.1 Å². The molecular weight excluding hydrogens is 1170 g/mol. The molecule has 1 fully saturated rings. The molecule has 1 rings (SSSR count). The first-order valence-corrected chi connectivity index (χ1v) is 28.8. The second kappa shape index (κ2) is 37.9. The Balaban J connectivity index is 3.61. The van der Waals surface area contributed by atoms with Crippen molar-refractivity contribution in [3.8, 4) is 0 Å².